The molecule has 9 heteroatoms. The van der Waals surface area contributed by atoms with Crippen LogP contribution in [0.25, 0.3) is 6.08 Å². The summed E-state index contributed by atoms with van der Waals surface area (Å²) in [6.07, 6.45) is 4.33. The van der Waals surface area contributed by atoms with Crippen molar-refractivity contribution in [3.63, 3.8) is 0 Å². The summed E-state index contributed by atoms with van der Waals surface area (Å²) >= 11 is 24.9. The lowest BCUT2D eigenvalue weighted by molar-refractivity contribution is 0.102. The molecular weight excluding hydrogens is 526 g/mol. The smallest absolute Gasteiger partial charge is 0.255 e. The van der Waals surface area contributed by atoms with Gasteiger partial charge in [0.05, 0.1) is 21.4 Å². The van der Waals surface area contributed by atoms with E-state index >= 15 is 0 Å². The van der Waals surface area contributed by atoms with E-state index in [0.29, 0.717) is 27.0 Å². The third kappa shape index (κ3) is 6.69. The molecule has 0 spiro atoms. The Hall–Kier alpha value is -2.28. The summed E-state index contributed by atoms with van der Waals surface area (Å²) in [6, 6.07) is 14.8. The van der Waals surface area contributed by atoms with Gasteiger partial charge in [-0.25, -0.2) is 4.98 Å². The van der Waals surface area contributed by atoms with Crippen LogP contribution in [0, 0.1) is 6.92 Å². The molecule has 1 saturated heterocycles. The predicted octanol–water partition coefficient (Wildman–Crippen LogP) is 7.09. The number of hydrogen-bond acceptors (Lipinski definition) is 4. The number of pyridine rings is 1. The topological polar surface area (TPSA) is 48.5 Å². The van der Waals surface area contributed by atoms with Crippen LogP contribution in [0.4, 0.5) is 11.4 Å². The Kier molecular flexibility index (Phi) is 8.58. The van der Waals surface area contributed by atoms with Gasteiger partial charge < -0.3 is 10.2 Å². The SMILES string of the molecule is Cc1ccc(/C=C/CN2CCN(c3c(NC(=O)c4cc(Cl)nc(Cl)c4)ccc(Cl)c3Cl)CC2)cc1. The second-order valence-corrected chi connectivity index (χ2v) is 9.87. The Balaban J connectivity index is 1.43. The fraction of sp³-hybridized carbons (Fsp3) is 0.231. The van der Waals surface area contributed by atoms with E-state index in [1.807, 2.05) is 0 Å². The van der Waals surface area contributed by atoms with Crippen molar-refractivity contribution in [1.82, 2.24) is 9.88 Å². The molecule has 5 nitrogen and oxygen atoms in total. The zero-order valence-electron chi connectivity index (χ0n) is 19.1. The van der Waals surface area contributed by atoms with E-state index in [0.717, 1.165) is 32.7 Å². The number of hydrogen-bond donors (Lipinski definition) is 1. The summed E-state index contributed by atoms with van der Waals surface area (Å²) in [5.41, 5.74) is 4.02. The number of benzene rings is 2. The largest absolute Gasteiger partial charge is 0.366 e. The highest BCUT2D eigenvalue weighted by Crippen LogP contribution is 2.39. The van der Waals surface area contributed by atoms with E-state index < -0.39 is 0 Å². The molecule has 2 aromatic carbocycles. The van der Waals surface area contributed by atoms with E-state index in [9.17, 15) is 4.79 Å². The molecule has 0 atom stereocenters. The first-order chi connectivity index (χ1) is 16.8. The summed E-state index contributed by atoms with van der Waals surface area (Å²) < 4.78 is 0. The fourth-order valence-corrected chi connectivity index (χ4v) is 4.81. The van der Waals surface area contributed by atoms with Gasteiger partial charge in [-0.15, -0.1) is 0 Å². The van der Waals surface area contributed by atoms with Crippen LogP contribution < -0.4 is 10.2 Å². The normalized spacial score (nSPS) is 14.5. The molecule has 35 heavy (non-hydrogen) atoms. The number of rotatable bonds is 6. The van der Waals surface area contributed by atoms with Gasteiger partial charge in [0, 0.05) is 38.3 Å². The van der Waals surface area contributed by atoms with Crippen molar-refractivity contribution in [2.45, 2.75) is 6.92 Å². The standard InChI is InChI=1S/C26H24Cl4N4O/c1-17-4-6-18(7-5-17)3-2-10-33-11-13-34(14-12-33)25-21(9-8-20(27)24(25)30)31-26(35)19-15-22(28)32-23(29)16-19/h2-9,15-16H,10-14H2,1H3,(H,31,35)/b3-2+. The van der Waals surface area contributed by atoms with Crippen molar-refractivity contribution in [2.75, 3.05) is 42.9 Å². The summed E-state index contributed by atoms with van der Waals surface area (Å²) in [5.74, 6) is -0.365. The molecule has 1 amide bonds. The number of carbonyl (C=O) groups excluding carboxylic acids is 1. The number of piperazine rings is 1. The van der Waals surface area contributed by atoms with Gasteiger partial charge in [-0.1, -0.05) is 88.4 Å². The zero-order chi connectivity index (χ0) is 24.9. The molecule has 1 N–H and O–H groups in total. The van der Waals surface area contributed by atoms with E-state index in [1.54, 1.807) is 12.1 Å². The van der Waals surface area contributed by atoms with Crippen molar-refractivity contribution in [3.05, 3.63) is 91.6 Å². The van der Waals surface area contributed by atoms with Crippen LogP contribution in [-0.4, -0.2) is 48.5 Å². The van der Waals surface area contributed by atoms with E-state index in [-0.39, 0.29) is 16.2 Å². The lowest BCUT2D eigenvalue weighted by Gasteiger charge is -2.37. The molecule has 1 fully saturated rings. The quantitative estimate of drug-likeness (QED) is 0.333. The van der Waals surface area contributed by atoms with Crippen LogP contribution >= 0.6 is 46.4 Å². The van der Waals surface area contributed by atoms with Crippen LogP contribution in [0.5, 0.6) is 0 Å². The minimum absolute atomic E-state index is 0.143. The van der Waals surface area contributed by atoms with Crippen LogP contribution in [0.2, 0.25) is 20.4 Å². The Bertz CT molecular complexity index is 1220. The number of nitrogens with zero attached hydrogens (tertiary/aromatic N) is 3. The van der Waals surface area contributed by atoms with Crippen molar-refractivity contribution in [3.8, 4) is 0 Å². The third-order valence-electron chi connectivity index (χ3n) is 5.78. The first-order valence-electron chi connectivity index (χ1n) is 11.1. The average Bonchev–Trinajstić information content (AvgIpc) is 2.83. The van der Waals surface area contributed by atoms with Gasteiger partial charge >= 0.3 is 0 Å². The maximum Gasteiger partial charge on any atom is 0.255 e. The molecule has 0 unspecified atom stereocenters. The second-order valence-electron chi connectivity index (χ2n) is 8.31. The lowest BCUT2D eigenvalue weighted by atomic mass is 10.1. The van der Waals surface area contributed by atoms with Crippen molar-refractivity contribution >= 4 is 69.8 Å². The third-order valence-corrected chi connectivity index (χ3v) is 6.96. The van der Waals surface area contributed by atoms with Crippen LogP contribution in [0.15, 0.2) is 54.6 Å². The number of nitrogens with one attached hydrogen (secondary N) is 1. The summed E-state index contributed by atoms with van der Waals surface area (Å²) in [5, 5.41) is 4.04. The fourth-order valence-electron chi connectivity index (χ4n) is 3.91. The Labute approximate surface area is 225 Å². The number of carbonyl (C=O) groups is 1. The van der Waals surface area contributed by atoms with Crippen molar-refractivity contribution < 1.29 is 4.79 Å². The van der Waals surface area contributed by atoms with Crippen molar-refractivity contribution in [1.29, 1.82) is 0 Å². The molecule has 2 heterocycles. The molecule has 3 aromatic rings. The molecule has 1 aliphatic rings. The van der Waals surface area contributed by atoms with E-state index in [1.165, 1.54) is 23.3 Å². The van der Waals surface area contributed by atoms with Gasteiger partial charge in [-0.05, 0) is 36.8 Å². The predicted molar refractivity (Wildman–Crippen MR) is 148 cm³/mol. The van der Waals surface area contributed by atoms with Crippen LogP contribution in [0.3, 0.4) is 0 Å². The Morgan fingerprint density at radius 2 is 1.63 bits per heavy atom. The average molecular weight is 550 g/mol. The lowest BCUT2D eigenvalue weighted by Crippen LogP contribution is -2.46. The number of aryl methyl sites for hydroxylation is 1. The molecule has 0 bridgehead atoms. The summed E-state index contributed by atoms with van der Waals surface area (Å²) in [4.78, 5) is 21.3. The zero-order valence-corrected chi connectivity index (χ0v) is 22.1. The monoisotopic (exact) mass is 548 g/mol. The van der Waals surface area contributed by atoms with Gasteiger partial charge in [0.1, 0.15) is 10.3 Å². The van der Waals surface area contributed by atoms with E-state index in [2.05, 4.69) is 63.4 Å². The van der Waals surface area contributed by atoms with Gasteiger partial charge in [0.2, 0.25) is 0 Å². The first-order valence-corrected chi connectivity index (χ1v) is 12.6. The van der Waals surface area contributed by atoms with Crippen molar-refractivity contribution in [2.24, 2.45) is 0 Å². The maximum atomic E-state index is 12.9. The van der Waals surface area contributed by atoms with Gasteiger partial charge in [0.15, 0.2) is 0 Å². The molecule has 1 aromatic heterocycles. The molecule has 4 rings (SSSR count). The number of anilines is 2. The maximum absolute atomic E-state index is 12.9. The molecule has 1 aliphatic heterocycles. The minimum Gasteiger partial charge on any atom is -0.366 e. The molecular formula is C26H24Cl4N4O. The molecule has 0 aliphatic carbocycles. The molecule has 0 saturated carbocycles. The minimum atomic E-state index is -0.365. The Morgan fingerprint density at radius 3 is 2.29 bits per heavy atom. The number of aromatic nitrogens is 1. The van der Waals surface area contributed by atoms with E-state index in [4.69, 9.17) is 46.4 Å². The second kappa shape index (κ2) is 11.6. The first kappa shape index (κ1) is 25.8. The Morgan fingerprint density at radius 1 is 0.971 bits per heavy atom. The molecule has 182 valence electrons. The van der Waals surface area contributed by atoms with Crippen LogP contribution in [0.1, 0.15) is 21.5 Å². The number of halogens is 4. The van der Waals surface area contributed by atoms with Gasteiger partial charge in [-0.2, -0.15) is 0 Å². The highest BCUT2D eigenvalue weighted by atomic mass is 35.5. The number of amides is 1. The summed E-state index contributed by atoms with van der Waals surface area (Å²) in [6.45, 7) is 6.13. The summed E-state index contributed by atoms with van der Waals surface area (Å²) in [7, 11) is 0. The highest BCUT2D eigenvalue weighted by molar-refractivity contribution is 6.44. The van der Waals surface area contributed by atoms with Gasteiger partial charge in [-0.3, -0.25) is 9.69 Å². The molecule has 0 radical (unpaired) electrons. The highest BCUT2D eigenvalue weighted by Gasteiger charge is 2.23. The van der Waals surface area contributed by atoms with Gasteiger partial charge in [0.25, 0.3) is 5.91 Å². The van der Waals surface area contributed by atoms with Crippen LogP contribution in [-0.2, 0) is 0 Å².